The van der Waals surface area contributed by atoms with Crippen molar-refractivity contribution in [2.24, 2.45) is 0 Å². The van der Waals surface area contributed by atoms with E-state index in [9.17, 15) is 0 Å². The van der Waals surface area contributed by atoms with E-state index in [-0.39, 0.29) is 0 Å². The predicted molar refractivity (Wildman–Crippen MR) is 221 cm³/mol. The fourth-order valence-electron chi connectivity index (χ4n) is 7.93. The van der Waals surface area contributed by atoms with Crippen LogP contribution in [0.2, 0.25) is 0 Å². The monoisotopic (exact) mass is 665 g/mol. The Kier molecular flexibility index (Phi) is 7.32. The lowest BCUT2D eigenvalue weighted by atomic mass is 9.93. The minimum atomic E-state index is 0.913. The number of nitrogens with zero attached hydrogens (tertiary/aromatic N) is 1. The van der Waals surface area contributed by atoms with Crippen molar-refractivity contribution in [3.05, 3.63) is 194 Å². The van der Waals surface area contributed by atoms with Crippen molar-refractivity contribution in [1.82, 2.24) is 0 Å². The molecular weight excluding hydrogens is 631 g/mol. The molecule has 0 fully saturated rings. The van der Waals surface area contributed by atoms with Crippen LogP contribution in [-0.4, -0.2) is 0 Å². The van der Waals surface area contributed by atoms with Crippen LogP contribution in [0.1, 0.15) is 18.4 Å². The largest absolute Gasteiger partial charge is 0.455 e. The molecule has 2 heteroatoms. The number of anilines is 3. The van der Waals surface area contributed by atoms with Crippen molar-refractivity contribution in [3.63, 3.8) is 0 Å². The summed E-state index contributed by atoms with van der Waals surface area (Å²) in [4.78, 5) is 2.35. The Hall–Kier alpha value is -6.64. The van der Waals surface area contributed by atoms with Gasteiger partial charge in [0.1, 0.15) is 11.2 Å². The van der Waals surface area contributed by atoms with Gasteiger partial charge in [0.05, 0.1) is 0 Å². The summed E-state index contributed by atoms with van der Waals surface area (Å²) >= 11 is 0. The summed E-state index contributed by atoms with van der Waals surface area (Å²) < 4.78 is 6.39. The first-order valence-electron chi connectivity index (χ1n) is 18.1. The second kappa shape index (κ2) is 12.6. The van der Waals surface area contributed by atoms with Crippen LogP contribution in [0.5, 0.6) is 0 Å². The molecule has 0 bridgehead atoms. The Morgan fingerprint density at radius 2 is 1.00 bits per heavy atom. The van der Waals surface area contributed by atoms with Gasteiger partial charge in [-0.15, -0.1) is 0 Å². The van der Waals surface area contributed by atoms with E-state index in [2.05, 4.69) is 181 Å². The van der Waals surface area contributed by atoms with E-state index in [1.54, 1.807) is 0 Å². The van der Waals surface area contributed by atoms with E-state index in [4.69, 9.17) is 4.42 Å². The molecule has 1 heterocycles. The number of hydrogen-bond donors (Lipinski definition) is 0. The van der Waals surface area contributed by atoms with Crippen LogP contribution < -0.4 is 4.90 Å². The van der Waals surface area contributed by atoms with E-state index in [1.807, 2.05) is 12.1 Å². The third kappa shape index (κ3) is 5.20. The minimum Gasteiger partial charge on any atom is -0.455 e. The number of furan rings is 1. The van der Waals surface area contributed by atoms with Gasteiger partial charge >= 0.3 is 0 Å². The van der Waals surface area contributed by atoms with Crippen LogP contribution in [0.3, 0.4) is 0 Å². The Morgan fingerprint density at radius 3 is 1.69 bits per heavy atom. The molecule has 10 rings (SSSR count). The molecule has 1 aliphatic rings. The van der Waals surface area contributed by atoms with Gasteiger partial charge in [-0.05, 0) is 111 Å². The molecule has 0 unspecified atom stereocenters. The van der Waals surface area contributed by atoms with Crippen LogP contribution in [0.25, 0.3) is 71.3 Å². The SMILES string of the molecule is C1=CC(c2ccc(N(c3ccc(-c4cc5ccccc5c5ccccc45)cc3)c3ccc(-c4cccc5c4oc4ccccc45)cc3)cc2)=CCC1. The number of fused-ring (bicyclic) bond motifs is 6. The molecule has 0 aliphatic heterocycles. The molecule has 9 aromatic rings. The molecule has 0 radical (unpaired) electrons. The lowest BCUT2D eigenvalue weighted by Gasteiger charge is -2.26. The summed E-state index contributed by atoms with van der Waals surface area (Å²) in [7, 11) is 0. The molecule has 2 nitrogen and oxygen atoms in total. The van der Waals surface area contributed by atoms with Crippen molar-refractivity contribution >= 4 is 66.1 Å². The molecule has 1 aromatic heterocycles. The summed E-state index contributed by atoms with van der Waals surface area (Å²) in [6, 6.07) is 61.3. The summed E-state index contributed by atoms with van der Waals surface area (Å²) in [5.74, 6) is 0. The number of benzene rings is 8. The standard InChI is InChI=1S/C50H35NO/c1-2-11-34(12-3-1)35-21-27-39(28-22-35)51(40-29-23-36(24-30-40)43-18-10-19-47-46-17-8-9-20-49(46)52-50(43)47)41-31-25-37(26-32-41)48-33-38-13-4-5-14-42(38)44-15-6-7-16-45(44)48/h2,4-33H,1,3H2. The molecule has 246 valence electrons. The maximum atomic E-state index is 6.39. The van der Waals surface area contributed by atoms with Gasteiger partial charge in [0, 0.05) is 33.4 Å². The van der Waals surface area contributed by atoms with Crippen LogP contribution in [0, 0.1) is 0 Å². The van der Waals surface area contributed by atoms with E-state index in [0.717, 1.165) is 63.0 Å². The molecule has 0 saturated heterocycles. The van der Waals surface area contributed by atoms with Crippen molar-refractivity contribution in [2.75, 3.05) is 4.90 Å². The molecule has 0 N–H and O–H groups in total. The quantitative estimate of drug-likeness (QED) is 0.164. The summed E-state index contributed by atoms with van der Waals surface area (Å²) in [5, 5.41) is 7.37. The number of rotatable bonds is 6. The van der Waals surface area contributed by atoms with Gasteiger partial charge in [0.25, 0.3) is 0 Å². The molecule has 0 amide bonds. The highest BCUT2D eigenvalue weighted by Gasteiger charge is 2.17. The van der Waals surface area contributed by atoms with Crippen LogP contribution in [0.4, 0.5) is 17.1 Å². The third-order valence-corrected chi connectivity index (χ3v) is 10.5. The average Bonchev–Trinajstić information content (AvgIpc) is 3.61. The zero-order valence-corrected chi connectivity index (χ0v) is 28.7. The molecule has 52 heavy (non-hydrogen) atoms. The lowest BCUT2D eigenvalue weighted by molar-refractivity contribution is 0.670. The van der Waals surface area contributed by atoms with Gasteiger partial charge in [-0.3, -0.25) is 0 Å². The highest BCUT2D eigenvalue weighted by Crippen LogP contribution is 2.41. The second-order valence-electron chi connectivity index (χ2n) is 13.6. The van der Waals surface area contributed by atoms with E-state index in [1.165, 1.54) is 43.8 Å². The third-order valence-electron chi connectivity index (χ3n) is 10.5. The van der Waals surface area contributed by atoms with Crippen molar-refractivity contribution in [3.8, 4) is 22.3 Å². The fourth-order valence-corrected chi connectivity index (χ4v) is 7.93. The van der Waals surface area contributed by atoms with Crippen molar-refractivity contribution < 1.29 is 4.42 Å². The molecule has 1 aliphatic carbocycles. The fraction of sp³-hybridized carbons (Fsp3) is 0.0400. The molecule has 0 atom stereocenters. The Balaban J connectivity index is 1.06. The number of allylic oxidation sites excluding steroid dienone is 4. The minimum absolute atomic E-state index is 0.913. The van der Waals surface area contributed by atoms with Crippen LogP contribution in [0.15, 0.2) is 193 Å². The van der Waals surface area contributed by atoms with Crippen molar-refractivity contribution in [2.45, 2.75) is 12.8 Å². The van der Waals surface area contributed by atoms with Gasteiger partial charge in [0.15, 0.2) is 0 Å². The van der Waals surface area contributed by atoms with Gasteiger partial charge < -0.3 is 9.32 Å². The maximum absolute atomic E-state index is 6.39. The van der Waals surface area contributed by atoms with E-state index in [0.29, 0.717) is 0 Å². The zero-order chi connectivity index (χ0) is 34.4. The van der Waals surface area contributed by atoms with E-state index < -0.39 is 0 Å². The topological polar surface area (TPSA) is 16.4 Å². The van der Waals surface area contributed by atoms with Gasteiger partial charge in [0.2, 0.25) is 0 Å². The Labute approximate surface area is 303 Å². The highest BCUT2D eigenvalue weighted by molar-refractivity contribution is 6.14. The first kappa shape index (κ1) is 30.2. The first-order chi connectivity index (χ1) is 25.8. The number of para-hydroxylation sites is 2. The summed E-state index contributed by atoms with van der Waals surface area (Å²) in [6.45, 7) is 0. The van der Waals surface area contributed by atoms with Gasteiger partial charge in [-0.2, -0.15) is 0 Å². The lowest BCUT2D eigenvalue weighted by Crippen LogP contribution is -2.10. The highest BCUT2D eigenvalue weighted by atomic mass is 16.3. The Bertz CT molecular complexity index is 2820. The van der Waals surface area contributed by atoms with Crippen LogP contribution in [-0.2, 0) is 0 Å². The smallest absolute Gasteiger partial charge is 0.143 e. The summed E-state index contributed by atoms with van der Waals surface area (Å²) in [6.07, 6.45) is 9.05. The molecular formula is C50H35NO. The zero-order valence-electron chi connectivity index (χ0n) is 28.7. The second-order valence-corrected chi connectivity index (χ2v) is 13.6. The normalized spacial score (nSPS) is 12.9. The van der Waals surface area contributed by atoms with Gasteiger partial charge in [-0.1, -0.05) is 140 Å². The van der Waals surface area contributed by atoms with E-state index >= 15 is 0 Å². The molecule has 0 spiro atoms. The first-order valence-corrected chi connectivity index (χ1v) is 18.1. The predicted octanol–water partition coefficient (Wildman–Crippen LogP) is 14.4. The molecule has 0 saturated carbocycles. The molecule has 8 aromatic carbocycles. The Morgan fingerprint density at radius 1 is 0.423 bits per heavy atom. The maximum Gasteiger partial charge on any atom is 0.143 e. The van der Waals surface area contributed by atoms with Gasteiger partial charge in [-0.25, -0.2) is 0 Å². The van der Waals surface area contributed by atoms with Crippen LogP contribution >= 0.6 is 0 Å². The summed E-state index contributed by atoms with van der Waals surface area (Å²) in [5.41, 5.74) is 12.3. The average molecular weight is 666 g/mol. The van der Waals surface area contributed by atoms with Crippen molar-refractivity contribution in [1.29, 1.82) is 0 Å². The number of hydrogen-bond acceptors (Lipinski definition) is 2.